The van der Waals surface area contributed by atoms with Gasteiger partial charge in [0.15, 0.2) is 0 Å². The highest BCUT2D eigenvalue weighted by atomic mass is 16.5. The van der Waals surface area contributed by atoms with Crippen molar-refractivity contribution in [1.82, 2.24) is 5.32 Å². The first-order valence-corrected chi connectivity index (χ1v) is 6.51. The van der Waals surface area contributed by atoms with Gasteiger partial charge in [-0.2, -0.15) is 0 Å². The van der Waals surface area contributed by atoms with Crippen molar-refractivity contribution in [2.24, 2.45) is 5.92 Å². The zero-order valence-corrected chi connectivity index (χ0v) is 11.4. The van der Waals surface area contributed by atoms with Crippen LogP contribution in [-0.2, 0) is 19.1 Å². The Morgan fingerprint density at radius 3 is 2.67 bits per heavy atom. The number of esters is 1. The summed E-state index contributed by atoms with van der Waals surface area (Å²) in [7, 11) is 1.34. The molecule has 1 amide bonds. The molecular formula is C13H23NO4. The fourth-order valence-corrected chi connectivity index (χ4v) is 2.09. The van der Waals surface area contributed by atoms with Crippen molar-refractivity contribution in [2.45, 2.75) is 51.7 Å². The second kappa shape index (κ2) is 7.36. The van der Waals surface area contributed by atoms with Crippen LogP contribution >= 0.6 is 0 Å². The molecule has 1 heterocycles. The van der Waals surface area contributed by atoms with E-state index in [1.54, 1.807) is 0 Å². The summed E-state index contributed by atoms with van der Waals surface area (Å²) in [6.45, 7) is 4.73. The van der Waals surface area contributed by atoms with Crippen LogP contribution in [0, 0.1) is 5.92 Å². The van der Waals surface area contributed by atoms with E-state index < -0.39 is 6.04 Å². The molecule has 0 bridgehead atoms. The average molecular weight is 257 g/mol. The predicted octanol–water partition coefficient (Wildman–Crippen LogP) is 1.26. The zero-order chi connectivity index (χ0) is 13.5. The molecule has 0 aromatic rings. The van der Waals surface area contributed by atoms with Gasteiger partial charge in [-0.15, -0.1) is 0 Å². The van der Waals surface area contributed by atoms with Gasteiger partial charge in [-0.05, 0) is 25.2 Å². The van der Waals surface area contributed by atoms with E-state index in [9.17, 15) is 9.59 Å². The maximum absolute atomic E-state index is 11.8. The van der Waals surface area contributed by atoms with Crippen LogP contribution in [0.3, 0.4) is 0 Å². The SMILES string of the molecule is COC(=O)C(CC(C)C)NC(=O)CC1CCCO1. The van der Waals surface area contributed by atoms with Crippen LogP contribution in [0.4, 0.5) is 0 Å². The Balaban J connectivity index is 2.42. The van der Waals surface area contributed by atoms with Gasteiger partial charge in [0, 0.05) is 6.61 Å². The third-order valence-electron chi connectivity index (χ3n) is 2.97. The van der Waals surface area contributed by atoms with Crippen molar-refractivity contribution in [3.63, 3.8) is 0 Å². The molecule has 1 fully saturated rings. The first kappa shape index (κ1) is 15.0. The molecule has 1 N–H and O–H groups in total. The molecule has 0 aromatic heterocycles. The largest absolute Gasteiger partial charge is 0.467 e. The van der Waals surface area contributed by atoms with Gasteiger partial charge in [0.05, 0.1) is 19.6 Å². The summed E-state index contributed by atoms with van der Waals surface area (Å²) in [6.07, 6.45) is 2.84. The van der Waals surface area contributed by atoms with E-state index in [-0.39, 0.29) is 18.0 Å². The fraction of sp³-hybridized carbons (Fsp3) is 0.846. The maximum atomic E-state index is 11.8. The molecule has 1 aliphatic rings. The van der Waals surface area contributed by atoms with E-state index in [0.29, 0.717) is 18.8 Å². The lowest BCUT2D eigenvalue weighted by Crippen LogP contribution is -2.43. The van der Waals surface area contributed by atoms with E-state index in [1.807, 2.05) is 13.8 Å². The Bertz CT molecular complexity index is 285. The predicted molar refractivity (Wildman–Crippen MR) is 67.0 cm³/mol. The second-order valence-corrected chi connectivity index (χ2v) is 5.11. The summed E-state index contributed by atoms with van der Waals surface area (Å²) in [4.78, 5) is 23.4. The number of methoxy groups -OCH3 is 1. The number of nitrogens with one attached hydrogen (secondary N) is 1. The van der Waals surface area contributed by atoms with Crippen LogP contribution in [0.25, 0.3) is 0 Å². The Morgan fingerprint density at radius 2 is 2.17 bits per heavy atom. The van der Waals surface area contributed by atoms with Gasteiger partial charge < -0.3 is 14.8 Å². The number of rotatable bonds is 6. The lowest BCUT2D eigenvalue weighted by molar-refractivity contribution is -0.145. The highest BCUT2D eigenvalue weighted by Gasteiger charge is 2.25. The monoisotopic (exact) mass is 257 g/mol. The molecular weight excluding hydrogens is 234 g/mol. The summed E-state index contributed by atoms with van der Waals surface area (Å²) in [5, 5.41) is 2.73. The molecule has 2 atom stereocenters. The number of carbonyl (C=O) groups excluding carboxylic acids is 2. The standard InChI is InChI=1S/C13H23NO4/c1-9(2)7-11(13(16)17-3)14-12(15)8-10-5-4-6-18-10/h9-11H,4-8H2,1-3H3,(H,14,15). The molecule has 0 spiro atoms. The van der Waals surface area contributed by atoms with Crippen molar-refractivity contribution < 1.29 is 19.1 Å². The molecule has 5 heteroatoms. The Labute approximate surface area is 108 Å². The smallest absolute Gasteiger partial charge is 0.328 e. The minimum atomic E-state index is -0.552. The quantitative estimate of drug-likeness (QED) is 0.728. The maximum Gasteiger partial charge on any atom is 0.328 e. The number of hydrogen-bond acceptors (Lipinski definition) is 4. The number of hydrogen-bond donors (Lipinski definition) is 1. The Morgan fingerprint density at radius 1 is 1.44 bits per heavy atom. The molecule has 0 saturated carbocycles. The third-order valence-corrected chi connectivity index (χ3v) is 2.97. The highest BCUT2D eigenvalue weighted by Crippen LogP contribution is 2.15. The van der Waals surface area contributed by atoms with Crippen LogP contribution in [0.2, 0.25) is 0 Å². The van der Waals surface area contributed by atoms with Crippen LogP contribution in [0.15, 0.2) is 0 Å². The highest BCUT2D eigenvalue weighted by molar-refractivity contribution is 5.84. The molecule has 0 aromatic carbocycles. The Kier molecular flexibility index (Phi) is 6.12. The first-order valence-electron chi connectivity index (χ1n) is 6.51. The van der Waals surface area contributed by atoms with Crippen molar-refractivity contribution in [2.75, 3.05) is 13.7 Å². The van der Waals surface area contributed by atoms with Crippen LogP contribution in [0.5, 0.6) is 0 Å². The molecule has 2 unspecified atom stereocenters. The van der Waals surface area contributed by atoms with E-state index in [4.69, 9.17) is 9.47 Å². The van der Waals surface area contributed by atoms with Gasteiger partial charge in [0.2, 0.25) is 5.91 Å². The normalized spacial score (nSPS) is 20.8. The number of amides is 1. The van der Waals surface area contributed by atoms with E-state index in [1.165, 1.54) is 7.11 Å². The average Bonchev–Trinajstić information content (AvgIpc) is 2.79. The van der Waals surface area contributed by atoms with Crippen LogP contribution < -0.4 is 5.32 Å². The van der Waals surface area contributed by atoms with Crippen LogP contribution in [0.1, 0.15) is 39.5 Å². The lowest BCUT2D eigenvalue weighted by Gasteiger charge is -2.19. The molecule has 1 saturated heterocycles. The van der Waals surface area contributed by atoms with E-state index in [2.05, 4.69) is 5.32 Å². The van der Waals surface area contributed by atoms with Crippen molar-refractivity contribution in [1.29, 1.82) is 0 Å². The molecule has 5 nitrogen and oxygen atoms in total. The third kappa shape index (κ3) is 5.04. The van der Waals surface area contributed by atoms with Gasteiger partial charge in [-0.25, -0.2) is 4.79 Å². The van der Waals surface area contributed by atoms with Crippen molar-refractivity contribution >= 4 is 11.9 Å². The van der Waals surface area contributed by atoms with Gasteiger partial charge in [0.1, 0.15) is 6.04 Å². The van der Waals surface area contributed by atoms with Crippen molar-refractivity contribution in [3.8, 4) is 0 Å². The second-order valence-electron chi connectivity index (χ2n) is 5.11. The van der Waals surface area contributed by atoms with Crippen LogP contribution in [-0.4, -0.2) is 37.7 Å². The molecule has 0 aliphatic carbocycles. The topological polar surface area (TPSA) is 64.6 Å². The summed E-state index contributed by atoms with van der Waals surface area (Å²) in [5.74, 6) is -0.209. The first-order chi connectivity index (χ1) is 8.52. The van der Waals surface area contributed by atoms with Gasteiger partial charge >= 0.3 is 5.97 Å². The minimum absolute atomic E-state index is 0.00217. The summed E-state index contributed by atoms with van der Waals surface area (Å²) >= 11 is 0. The number of carbonyl (C=O) groups is 2. The van der Waals surface area contributed by atoms with E-state index >= 15 is 0 Å². The van der Waals surface area contributed by atoms with E-state index in [0.717, 1.165) is 19.4 Å². The molecule has 1 rings (SSSR count). The zero-order valence-electron chi connectivity index (χ0n) is 11.4. The minimum Gasteiger partial charge on any atom is -0.467 e. The molecule has 1 aliphatic heterocycles. The Hall–Kier alpha value is -1.10. The van der Waals surface area contributed by atoms with Gasteiger partial charge in [-0.3, -0.25) is 4.79 Å². The summed E-state index contributed by atoms with van der Waals surface area (Å²) in [6, 6.07) is -0.552. The summed E-state index contributed by atoms with van der Waals surface area (Å²) < 4.78 is 10.1. The molecule has 104 valence electrons. The molecule has 0 radical (unpaired) electrons. The lowest BCUT2D eigenvalue weighted by atomic mass is 10.0. The fourth-order valence-electron chi connectivity index (χ4n) is 2.09. The molecule has 18 heavy (non-hydrogen) atoms. The van der Waals surface area contributed by atoms with Crippen molar-refractivity contribution in [3.05, 3.63) is 0 Å². The van der Waals surface area contributed by atoms with Gasteiger partial charge in [0.25, 0.3) is 0 Å². The summed E-state index contributed by atoms with van der Waals surface area (Å²) in [5.41, 5.74) is 0. The number of ether oxygens (including phenoxy) is 2. The van der Waals surface area contributed by atoms with Gasteiger partial charge in [-0.1, -0.05) is 13.8 Å².